The zero-order chi connectivity index (χ0) is 18.6. The molecule has 9 heteroatoms. The first-order valence-corrected chi connectivity index (χ1v) is 7.57. The quantitative estimate of drug-likeness (QED) is 0.841. The molecule has 0 spiro atoms. The fraction of sp³-hybridized carbons (Fsp3) is 0.438. The molecule has 2 rings (SSSR count). The smallest absolute Gasteiger partial charge is 0.465 e. The van der Waals surface area contributed by atoms with Crippen LogP contribution in [-0.2, 0) is 14.3 Å². The van der Waals surface area contributed by atoms with Gasteiger partial charge in [0.15, 0.2) is 0 Å². The number of ether oxygens (including phenoxy) is 1. The normalized spacial score (nSPS) is 17.8. The second kappa shape index (κ2) is 7.54. The molecule has 1 aromatic rings. The van der Waals surface area contributed by atoms with E-state index in [9.17, 15) is 27.6 Å². The Balaban J connectivity index is 1.98. The lowest BCUT2D eigenvalue weighted by atomic mass is 9.97. The van der Waals surface area contributed by atoms with Crippen LogP contribution in [0.4, 0.5) is 18.9 Å². The Kier molecular flexibility index (Phi) is 5.66. The number of amides is 2. The number of likely N-dealkylation sites (tertiary alicyclic amines) is 1. The van der Waals surface area contributed by atoms with E-state index >= 15 is 0 Å². The van der Waals surface area contributed by atoms with Gasteiger partial charge in [0, 0.05) is 18.8 Å². The number of piperidine rings is 1. The first kappa shape index (κ1) is 18.8. The van der Waals surface area contributed by atoms with Crippen LogP contribution in [0.3, 0.4) is 0 Å². The SMILES string of the molecule is COC(=O)c1ccc(NC(=O)C2CCCN(C(=O)C(F)(F)F)C2)cc1. The Morgan fingerprint density at radius 1 is 1.20 bits per heavy atom. The van der Waals surface area contributed by atoms with Crippen molar-refractivity contribution in [1.82, 2.24) is 4.90 Å². The first-order valence-electron chi connectivity index (χ1n) is 7.57. The van der Waals surface area contributed by atoms with Gasteiger partial charge in [-0.05, 0) is 37.1 Å². The summed E-state index contributed by atoms with van der Waals surface area (Å²) in [5.74, 6) is -3.63. The molecule has 0 saturated carbocycles. The summed E-state index contributed by atoms with van der Waals surface area (Å²) in [6.45, 7) is -0.291. The number of nitrogens with one attached hydrogen (secondary N) is 1. The van der Waals surface area contributed by atoms with Crippen LogP contribution in [0.15, 0.2) is 24.3 Å². The van der Waals surface area contributed by atoms with Gasteiger partial charge in [-0.15, -0.1) is 0 Å². The van der Waals surface area contributed by atoms with Crippen molar-refractivity contribution in [3.05, 3.63) is 29.8 Å². The van der Waals surface area contributed by atoms with Crippen molar-refractivity contribution in [2.75, 3.05) is 25.5 Å². The molecule has 1 aliphatic heterocycles. The number of esters is 1. The second-order valence-electron chi connectivity index (χ2n) is 5.65. The summed E-state index contributed by atoms with van der Waals surface area (Å²) in [6.07, 6.45) is -4.23. The fourth-order valence-corrected chi connectivity index (χ4v) is 2.61. The average molecular weight is 358 g/mol. The number of hydrogen-bond donors (Lipinski definition) is 1. The van der Waals surface area contributed by atoms with Crippen LogP contribution >= 0.6 is 0 Å². The lowest BCUT2D eigenvalue weighted by Gasteiger charge is -2.32. The van der Waals surface area contributed by atoms with Crippen LogP contribution in [0.2, 0.25) is 0 Å². The third kappa shape index (κ3) is 4.71. The number of methoxy groups -OCH3 is 1. The predicted octanol–water partition coefficient (Wildman–Crippen LogP) is 2.21. The van der Waals surface area contributed by atoms with Crippen LogP contribution in [-0.4, -0.2) is 49.1 Å². The van der Waals surface area contributed by atoms with Crippen molar-refractivity contribution in [2.24, 2.45) is 5.92 Å². The van der Waals surface area contributed by atoms with Crippen LogP contribution in [0.5, 0.6) is 0 Å². The summed E-state index contributed by atoms with van der Waals surface area (Å²) in [6, 6.07) is 5.90. The van der Waals surface area contributed by atoms with Crippen molar-refractivity contribution in [3.8, 4) is 0 Å². The number of nitrogens with zero attached hydrogens (tertiary/aromatic N) is 1. The van der Waals surface area contributed by atoms with Crippen LogP contribution in [0.1, 0.15) is 23.2 Å². The molecule has 1 N–H and O–H groups in total. The van der Waals surface area contributed by atoms with Gasteiger partial charge >= 0.3 is 18.1 Å². The van der Waals surface area contributed by atoms with Gasteiger partial charge in [-0.2, -0.15) is 13.2 Å². The zero-order valence-corrected chi connectivity index (χ0v) is 13.4. The maximum Gasteiger partial charge on any atom is 0.471 e. The predicted molar refractivity (Wildman–Crippen MR) is 81.8 cm³/mol. The van der Waals surface area contributed by atoms with Gasteiger partial charge in [0.2, 0.25) is 5.91 Å². The van der Waals surface area contributed by atoms with E-state index in [4.69, 9.17) is 0 Å². The Bertz CT molecular complexity index is 658. The Morgan fingerprint density at radius 3 is 2.40 bits per heavy atom. The number of hydrogen-bond acceptors (Lipinski definition) is 4. The van der Waals surface area contributed by atoms with Crippen molar-refractivity contribution in [2.45, 2.75) is 19.0 Å². The number of alkyl halides is 3. The molecular weight excluding hydrogens is 341 g/mol. The number of benzene rings is 1. The van der Waals surface area contributed by atoms with Crippen LogP contribution in [0, 0.1) is 5.92 Å². The number of halogens is 3. The minimum absolute atomic E-state index is 0.0179. The molecule has 0 bridgehead atoms. The zero-order valence-electron chi connectivity index (χ0n) is 13.4. The molecule has 25 heavy (non-hydrogen) atoms. The van der Waals surface area contributed by atoms with Gasteiger partial charge in [0.1, 0.15) is 0 Å². The number of carbonyl (C=O) groups is 3. The van der Waals surface area contributed by atoms with E-state index in [1.807, 2.05) is 0 Å². The molecule has 2 amide bonds. The summed E-state index contributed by atoms with van der Waals surface area (Å²) in [5.41, 5.74) is 0.706. The van der Waals surface area contributed by atoms with E-state index in [0.717, 1.165) is 0 Å². The van der Waals surface area contributed by atoms with Crippen LogP contribution in [0.25, 0.3) is 0 Å². The highest BCUT2D eigenvalue weighted by atomic mass is 19.4. The van der Waals surface area contributed by atoms with Crippen molar-refractivity contribution in [1.29, 1.82) is 0 Å². The molecule has 0 aromatic heterocycles. The monoisotopic (exact) mass is 358 g/mol. The summed E-state index contributed by atoms with van der Waals surface area (Å²) in [5, 5.41) is 2.58. The van der Waals surface area contributed by atoms with Gasteiger partial charge < -0.3 is 15.0 Å². The third-order valence-electron chi connectivity index (χ3n) is 3.90. The number of carbonyl (C=O) groups excluding carboxylic acids is 3. The molecule has 0 radical (unpaired) electrons. The molecule has 1 fully saturated rings. The molecule has 1 aliphatic rings. The summed E-state index contributed by atoms with van der Waals surface area (Å²) in [4.78, 5) is 35.5. The minimum Gasteiger partial charge on any atom is -0.465 e. The van der Waals surface area contributed by atoms with E-state index in [1.54, 1.807) is 0 Å². The van der Waals surface area contributed by atoms with Crippen molar-refractivity contribution >= 4 is 23.5 Å². The van der Waals surface area contributed by atoms with E-state index in [-0.39, 0.29) is 13.1 Å². The molecule has 136 valence electrons. The molecule has 0 aliphatic carbocycles. The maximum absolute atomic E-state index is 12.5. The Hall–Kier alpha value is -2.58. The van der Waals surface area contributed by atoms with E-state index in [0.29, 0.717) is 29.0 Å². The lowest BCUT2D eigenvalue weighted by molar-refractivity contribution is -0.187. The highest BCUT2D eigenvalue weighted by Crippen LogP contribution is 2.24. The van der Waals surface area contributed by atoms with Gasteiger partial charge in [-0.25, -0.2) is 4.79 Å². The number of rotatable bonds is 3. The fourth-order valence-electron chi connectivity index (χ4n) is 2.61. The minimum atomic E-state index is -4.94. The lowest BCUT2D eigenvalue weighted by Crippen LogP contribution is -2.48. The molecule has 6 nitrogen and oxygen atoms in total. The molecule has 1 unspecified atom stereocenters. The van der Waals surface area contributed by atoms with E-state index in [2.05, 4.69) is 10.1 Å². The summed E-state index contributed by atoms with van der Waals surface area (Å²) in [7, 11) is 1.25. The standard InChI is InChI=1S/C16H17F3N2O4/c1-25-14(23)10-4-6-12(7-5-10)20-13(22)11-3-2-8-21(9-11)15(24)16(17,18)19/h4-7,11H,2-3,8-9H2,1H3,(H,20,22). The van der Waals surface area contributed by atoms with Crippen molar-refractivity contribution < 1.29 is 32.3 Å². The van der Waals surface area contributed by atoms with Gasteiger partial charge in [-0.3, -0.25) is 9.59 Å². The molecule has 1 aromatic carbocycles. The highest BCUT2D eigenvalue weighted by Gasteiger charge is 2.44. The van der Waals surface area contributed by atoms with E-state index < -0.39 is 29.9 Å². The van der Waals surface area contributed by atoms with Crippen LogP contribution < -0.4 is 5.32 Å². The largest absolute Gasteiger partial charge is 0.471 e. The second-order valence-corrected chi connectivity index (χ2v) is 5.65. The maximum atomic E-state index is 12.5. The number of anilines is 1. The molecule has 1 saturated heterocycles. The van der Waals surface area contributed by atoms with E-state index in [1.165, 1.54) is 31.4 Å². The Morgan fingerprint density at radius 2 is 1.84 bits per heavy atom. The van der Waals surface area contributed by atoms with Gasteiger partial charge in [-0.1, -0.05) is 0 Å². The third-order valence-corrected chi connectivity index (χ3v) is 3.90. The van der Waals surface area contributed by atoms with Crippen molar-refractivity contribution in [3.63, 3.8) is 0 Å². The van der Waals surface area contributed by atoms with Gasteiger partial charge in [0.05, 0.1) is 18.6 Å². The topological polar surface area (TPSA) is 75.7 Å². The summed E-state index contributed by atoms with van der Waals surface area (Å²) >= 11 is 0. The summed E-state index contributed by atoms with van der Waals surface area (Å²) < 4.78 is 42.1. The highest BCUT2D eigenvalue weighted by molar-refractivity contribution is 5.94. The first-order chi connectivity index (χ1) is 11.7. The molecular formula is C16H17F3N2O4. The van der Waals surface area contributed by atoms with Gasteiger partial charge in [0.25, 0.3) is 0 Å². The average Bonchev–Trinajstić information content (AvgIpc) is 2.60. The molecule has 1 heterocycles. The Labute approximate surface area is 141 Å². The molecule has 1 atom stereocenters.